The molecular weight excluding hydrogens is 356 g/mol. The maximum Gasteiger partial charge on any atom is 0.237 e. The lowest BCUT2D eigenvalue weighted by Gasteiger charge is -2.23. The van der Waals surface area contributed by atoms with Crippen molar-refractivity contribution in [1.82, 2.24) is 9.21 Å². The summed E-state index contributed by atoms with van der Waals surface area (Å²) in [7, 11) is -1.92. The maximum atomic E-state index is 12.3. The van der Waals surface area contributed by atoms with Crippen molar-refractivity contribution in [2.45, 2.75) is 11.7 Å². The van der Waals surface area contributed by atoms with E-state index < -0.39 is 10.0 Å². The van der Waals surface area contributed by atoms with Gasteiger partial charge < -0.3 is 4.90 Å². The van der Waals surface area contributed by atoms with E-state index in [1.807, 2.05) is 24.3 Å². The van der Waals surface area contributed by atoms with Crippen LogP contribution in [0.4, 0.5) is 0 Å². The number of carbonyl (C=O) groups is 1. The van der Waals surface area contributed by atoms with E-state index in [-0.39, 0.29) is 17.7 Å². The lowest BCUT2D eigenvalue weighted by Crippen LogP contribution is -2.41. The summed E-state index contributed by atoms with van der Waals surface area (Å²) < 4.78 is 23.9. The molecule has 23 heavy (non-hydrogen) atoms. The van der Waals surface area contributed by atoms with Gasteiger partial charge in [0.15, 0.2) is 0 Å². The average molecular weight is 377 g/mol. The first-order valence-electron chi connectivity index (χ1n) is 7.34. The van der Waals surface area contributed by atoms with Crippen molar-refractivity contribution < 1.29 is 13.2 Å². The molecule has 1 saturated heterocycles. The normalized spacial score (nSPS) is 19.7. The SMILES string of the molecule is CN(CC(=O)N1CCS[C@@H](c2ccccc2Cl)CC1)S(C)(=O)=O. The van der Waals surface area contributed by atoms with Crippen molar-refractivity contribution in [3.63, 3.8) is 0 Å². The van der Waals surface area contributed by atoms with Crippen molar-refractivity contribution in [1.29, 1.82) is 0 Å². The molecule has 1 amide bonds. The molecule has 0 saturated carbocycles. The molecule has 1 aromatic carbocycles. The van der Waals surface area contributed by atoms with Gasteiger partial charge in [0, 0.05) is 36.2 Å². The number of nitrogens with zero attached hydrogens (tertiary/aromatic N) is 2. The van der Waals surface area contributed by atoms with Gasteiger partial charge in [-0.05, 0) is 18.1 Å². The van der Waals surface area contributed by atoms with Crippen LogP contribution in [0.2, 0.25) is 5.02 Å². The highest BCUT2D eigenvalue weighted by Gasteiger charge is 2.25. The third kappa shape index (κ3) is 5.11. The summed E-state index contributed by atoms with van der Waals surface area (Å²) in [6.07, 6.45) is 1.91. The number of likely N-dealkylation sites (N-methyl/N-ethyl adjacent to an activating group) is 1. The molecule has 1 fully saturated rings. The van der Waals surface area contributed by atoms with Crippen LogP contribution in [0.5, 0.6) is 0 Å². The quantitative estimate of drug-likeness (QED) is 0.808. The first-order chi connectivity index (χ1) is 10.8. The number of sulfonamides is 1. The highest BCUT2D eigenvalue weighted by molar-refractivity contribution is 7.99. The Kier molecular flexibility index (Phi) is 6.36. The fourth-order valence-corrected chi connectivity index (χ4v) is 4.36. The summed E-state index contributed by atoms with van der Waals surface area (Å²) in [5.41, 5.74) is 1.10. The topological polar surface area (TPSA) is 57.7 Å². The fourth-order valence-electron chi connectivity index (χ4n) is 2.41. The van der Waals surface area contributed by atoms with Crippen LogP contribution in [0.15, 0.2) is 24.3 Å². The van der Waals surface area contributed by atoms with Gasteiger partial charge in [-0.15, -0.1) is 0 Å². The smallest absolute Gasteiger partial charge is 0.237 e. The number of hydrogen-bond donors (Lipinski definition) is 0. The minimum absolute atomic E-state index is 0.111. The number of carbonyl (C=O) groups excluding carboxylic acids is 1. The zero-order valence-electron chi connectivity index (χ0n) is 13.2. The van der Waals surface area contributed by atoms with Gasteiger partial charge in [-0.3, -0.25) is 4.79 Å². The molecule has 1 atom stereocenters. The van der Waals surface area contributed by atoms with Crippen LogP contribution in [-0.2, 0) is 14.8 Å². The molecule has 1 aromatic rings. The Hall–Kier alpha value is -0.760. The van der Waals surface area contributed by atoms with Crippen LogP contribution in [-0.4, -0.2) is 62.2 Å². The molecule has 1 aliphatic heterocycles. The van der Waals surface area contributed by atoms with Crippen molar-refractivity contribution in [2.75, 3.05) is 38.7 Å². The third-order valence-corrected chi connectivity index (χ3v) is 6.79. The van der Waals surface area contributed by atoms with E-state index in [0.717, 1.165) is 33.3 Å². The van der Waals surface area contributed by atoms with E-state index in [1.165, 1.54) is 7.05 Å². The lowest BCUT2D eigenvalue weighted by atomic mass is 10.1. The van der Waals surface area contributed by atoms with Gasteiger partial charge in [0.2, 0.25) is 15.9 Å². The van der Waals surface area contributed by atoms with Gasteiger partial charge in [0.05, 0.1) is 12.8 Å². The van der Waals surface area contributed by atoms with Crippen molar-refractivity contribution >= 4 is 39.3 Å². The van der Waals surface area contributed by atoms with E-state index in [2.05, 4.69) is 0 Å². The predicted octanol–water partition coefficient (Wildman–Crippen LogP) is 2.24. The number of halogens is 1. The van der Waals surface area contributed by atoms with Gasteiger partial charge in [-0.25, -0.2) is 8.42 Å². The Morgan fingerprint density at radius 1 is 1.39 bits per heavy atom. The first kappa shape index (κ1) is 18.6. The highest BCUT2D eigenvalue weighted by atomic mass is 35.5. The predicted molar refractivity (Wildman–Crippen MR) is 95.3 cm³/mol. The van der Waals surface area contributed by atoms with Crippen molar-refractivity contribution in [2.24, 2.45) is 0 Å². The minimum atomic E-state index is -3.34. The summed E-state index contributed by atoms with van der Waals surface area (Å²) >= 11 is 8.05. The number of benzene rings is 1. The second kappa shape index (κ2) is 7.88. The molecule has 0 radical (unpaired) electrons. The molecule has 0 N–H and O–H groups in total. The Morgan fingerprint density at radius 2 is 2.09 bits per heavy atom. The summed E-state index contributed by atoms with van der Waals surface area (Å²) in [4.78, 5) is 14.0. The molecule has 128 valence electrons. The van der Waals surface area contributed by atoms with Crippen LogP contribution >= 0.6 is 23.4 Å². The molecule has 2 rings (SSSR count). The van der Waals surface area contributed by atoms with Crippen molar-refractivity contribution in [3.8, 4) is 0 Å². The molecule has 0 spiro atoms. The van der Waals surface area contributed by atoms with Crippen LogP contribution in [0, 0.1) is 0 Å². The average Bonchev–Trinajstić information content (AvgIpc) is 2.72. The molecular formula is C15H21ClN2O3S2. The summed E-state index contributed by atoms with van der Waals surface area (Å²) in [6.45, 7) is 1.13. The molecule has 0 aromatic heterocycles. The molecule has 0 unspecified atom stereocenters. The molecule has 0 bridgehead atoms. The number of rotatable bonds is 4. The van der Waals surface area contributed by atoms with Crippen LogP contribution < -0.4 is 0 Å². The van der Waals surface area contributed by atoms with Gasteiger partial charge in [-0.1, -0.05) is 29.8 Å². The monoisotopic (exact) mass is 376 g/mol. The third-order valence-electron chi connectivity index (χ3n) is 3.87. The van der Waals surface area contributed by atoms with Gasteiger partial charge in [0.1, 0.15) is 0 Å². The van der Waals surface area contributed by atoms with Gasteiger partial charge >= 0.3 is 0 Å². The standard InChI is InChI=1S/C15H21ClN2O3S2/c1-17(23(2,20)21)11-15(19)18-8-7-14(22-10-9-18)12-5-3-4-6-13(12)16/h3-6,14H,7-11H2,1-2H3/t14-/m1/s1. The van der Waals surface area contributed by atoms with E-state index in [4.69, 9.17) is 11.6 Å². The Labute approximate surface area is 147 Å². The maximum absolute atomic E-state index is 12.3. The van der Waals surface area contributed by atoms with E-state index >= 15 is 0 Å². The summed E-state index contributed by atoms with van der Waals surface area (Å²) in [5, 5.41) is 1.01. The Bertz CT molecular complexity index is 666. The van der Waals surface area contributed by atoms with E-state index in [9.17, 15) is 13.2 Å². The first-order valence-corrected chi connectivity index (χ1v) is 10.6. The van der Waals surface area contributed by atoms with Crippen molar-refractivity contribution in [3.05, 3.63) is 34.9 Å². The van der Waals surface area contributed by atoms with Gasteiger partial charge in [-0.2, -0.15) is 16.1 Å². The molecule has 1 heterocycles. The lowest BCUT2D eigenvalue weighted by molar-refractivity contribution is -0.130. The van der Waals surface area contributed by atoms with Crippen LogP contribution in [0.1, 0.15) is 17.2 Å². The summed E-state index contributed by atoms with van der Waals surface area (Å²) in [5.74, 6) is 0.655. The molecule has 8 heteroatoms. The molecule has 5 nitrogen and oxygen atoms in total. The van der Waals surface area contributed by atoms with Gasteiger partial charge in [0.25, 0.3) is 0 Å². The second-order valence-electron chi connectivity index (χ2n) is 5.57. The molecule has 0 aliphatic carbocycles. The number of thioether (sulfide) groups is 1. The highest BCUT2D eigenvalue weighted by Crippen LogP contribution is 2.37. The fraction of sp³-hybridized carbons (Fsp3) is 0.533. The minimum Gasteiger partial charge on any atom is -0.341 e. The molecule has 1 aliphatic rings. The van der Waals surface area contributed by atoms with Crippen LogP contribution in [0.25, 0.3) is 0 Å². The largest absolute Gasteiger partial charge is 0.341 e. The zero-order valence-corrected chi connectivity index (χ0v) is 15.6. The Balaban J connectivity index is 1.99. The second-order valence-corrected chi connectivity index (χ2v) is 9.38. The number of hydrogen-bond acceptors (Lipinski definition) is 4. The van der Waals surface area contributed by atoms with E-state index in [0.29, 0.717) is 13.1 Å². The zero-order chi connectivity index (χ0) is 17.0. The van der Waals surface area contributed by atoms with Crippen LogP contribution in [0.3, 0.4) is 0 Å². The number of amides is 1. The Morgan fingerprint density at radius 3 is 2.74 bits per heavy atom. The van der Waals surface area contributed by atoms with E-state index in [1.54, 1.807) is 16.7 Å². The summed E-state index contributed by atoms with van der Waals surface area (Å²) in [6, 6.07) is 7.78.